The standard InChI is InChI=1S/C24H32N2O/c1-4-25-15-13-20(14-16-25)26-18(2)23(22-7-5-6-8-24(22)26)17-19-9-11-21(27-3)12-10-19/h5-12,18,20,23H,4,13-17H2,1-3H3. The summed E-state index contributed by atoms with van der Waals surface area (Å²) in [7, 11) is 1.73. The Labute approximate surface area is 163 Å². The van der Waals surface area contributed by atoms with Gasteiger partial charge in [-0.2, -0.15) is 0 Å². The summed E-state index contributed by atoms with van der Waals surface area (Å²) in [6.45, 7) is 8.35. The van der Waals surface area contributed by atoms with Gasteiger partial charge >= 0.3 is 0 Å². The van der Waals surface area contributed by atoms with Gasteiger partial charge in [-0.25, -0.2) is 0 Å². The number of fused-ring (bicyclic) bond motifs is 1. The third-order valence-electron chi connectivity index (χ3n) is 6.65. The lowest BCUT2D eigenvalue weighted by atomic mass is 9.89. The van der Waals surface area contributed by atoms with Crippen LogP contribution in [-0.2, 0) is 6.42 Å². The van der Waals surface area contributed by atoms with Crippen LogP contribution in [0.25, 0.3) is 0 Å². The molecule has 2 unspecified atom stereocenters. The number of methoxy groups -OCH3 is 1. The Hall–Kier alpha value is -2.00. The Morgan fingerprint density at radius 3 is 2.37 bits per heavy atom. The summed E-state index contributed by atoms with van der Waals surface area (Å²) in [5.41, 5.74) is 4.39. The average molecular weight is 365 g/mol. The molecule has 3 heteroatoms. The first kappa shape index (κ1) is 18.4. The lowest BCUT2D eigenvalue weighted by Crippen LogP contribution is -2.47. The highest BCUT2D eigenvalue weighted by atomic mass is 16.5. The first-order chi connectivity index (χ1) is 13.2. The summed E-state index contributed by atoms with van der Waals surface area (Å²) in [6.07, 6.45) is 3.65. The highest BCUT2D eigenvalue weighted by Gasteiger charge is 2.39. The van der Waals surface area contributed by atoms with Crippen LogP contribution in [0.15, 0.2) is 48.5 Å². The summed E-state index contributed by atoms with van der Waals surface area (Å²) in [5, 5.41) is 0. The van der Waals surface area contributed by atoms with Crippen molar-refractivity contribution >= 4 is 5.69 Å². The van der Waals surface area contributed by atoms with Gasteiger partial charge in [0.2, 0.25) is 0 Å². The molecule has 0 aromatic heterocycles. The van der Waals surface area contributed by atoms with Crippen LogP contribution in [0, 0.1) is 0 Å². The van der Waals surface area contributed by atoms with Crippen molar-refractivity contribution in [2.24, 2.45) is 0 Å². The van der Waals surface area contributed by atoms with Crippen molar-refractivity contribution in [3.8, 4) is 5.75 Å². The molecule has 0 amide bonds. The zero-order valence-electron chi connectivity index (χ0n) is 16.9. The molecule has 2 aliphatic rings. The molecular formula is C24H32N2O. The Kier molecular flexibility index (Phi) is 5.40. The van der Waals surface area contributed by atoms with Crippen molar-refractivity contribution in [1.82, 2.24) is 4.90 Å². The maximum atomic E-state index is 5.32. The van der Waals surface area contributed by atoms with E-state index in [-0.39, 0.29) is 0 Å². The van der Waals surface area contributed by atoms with E-state index < -0.39 is 0 Å². The normalized spacial score (nSPS) is 23.4. The van der Waals surface area contributed by atoms with Crippen LogP contribution in [0.4, 0.5) is 5.69 Å². The molecule has 2 aromatic carbocycles. The van der Waals surface area contributed by atoms with E-state index in [9.17, 15) is 0 Å². The van der Waals surface area contributed by atoms with Crippen molar-refractivity contribution in [3.63, 3.8) is 0 Å². The second-order valence-corrected chi connectivity index (χ2v) is 8.03. The van der Waals surface area contributed by atoms with Crippen LogP contribution in [0.3, 0.4) is 0 Å². The molecule has 2 aromatic rings. The second-order valence-electron chi connectivity index (χ2n) is 8.03. The van der Waals surface area contributed by atoms with Crippen LogP contribution in [0.5, 0.6) is 5.75 Å². The molecule has 2 atom stereocenters. The van der Waals surface area contributed by atoms with Gasteiger partial charge in [-0.3, -0.25) is 0 Å². The highest BCUT2D eigenvalue weighted by molar-refractivity contribution is 5.63. The number of hydrogen-bond donors (Lipinski definition) is 0. The van der Waals surface area contributed by atoms with Crippen molar-refractivity contribution in [2.45, 2.75) is 51.1 Å². The molecular weight excluding hydrogens is 332 g/mol. The topological polar surface area (TPSA) is 15.7 Å². The van der Waals surface area contributed by atoms with Gasteiger partial charge in [-0.1, -0.05) is 37.3 Å². The Morgan fingerprint density at radius 2 is 1.70 bits per heavy atom. The van der Waals surface area contributed by atoms with Crippen molar-refractivity contribution in [2.75, 3.05) is 31.6 Å². The number of nitrogens with zero attached hydrogens (tertiary/aromatic N) is 2. The molecule has 144 valence electrons. The predicted octanol–water partition coefficient (Wildman–Crippen LogP) is 4.71. The molecule has 1 saturated heterocycles. The van der Waals surface area contributed by atoms with Gasteiger partial charge in [0.15, 0.2) is 0 Å². The molecule has 0 bridgehead atoms. The summed E-state index contributed by atoms with van der Waals surface area (Å²) in [4.78, 5) is 5.33. The fourth-order valence-corrected chi connectivity index (χ4v) is 5.05. The van der Waals surface area contributed by atoms with E-state index in [1.165, 1.54) is 49.3 Å². The fourth-order valence-electron chi connectivity index (χ4n) is 5.05. The zero-order chi connectivity index (χ0) is 18.8. The summed E-state index contributed by atoms with van der Waals surface area (Å²) < 4.78 is 5.32. The van der Waals surface area contributed by atoms with E-state index in [2.05, 4.69) is 72.2 Å². The minimum Gasteiger partial charge on any atom is -0.497 e. The number of likely N-dealkylation sites (tertiary alicyclic amines) is 1. The van der Waals surface area contributed by atoms with Gasteiger partial charge in [0, 0.05) is 36.8 Å². The number of hydrogen-bond acceptors (Lipinski definition) is 3. The van der Waals surface area contributed by atoms with Gasteiger partial charge < -0.3 is 14.5 Å². The smallest absolute Gasteiger partial charge is 0.118 e. The second kappa shape index (κ2) is 7.93. The van der Waals surface area contributed by atoms with Gasteiger partial charge in [0.1, 0.15) is 5.75 Å². The summed E-state index contributed by atoms with van der Waals surface area (Å²) in [6, 6.07) is 18.9. The number of rotatable bonds is 5. The number of para-hydroxylation sites is 1. The van der Waals surface area contributed by atoms with Crippen LogP contribution in [-0.4, -0.2) is 43.7 Å². The number of benzene rings is 2. The van der Waals surface area contributed by atoms with E-state index in [4.69, 9.17) is 4.74 Å². The van der Waals surface area contributed by atoms with Crippen molar-refractivity contribution in [1.29, 1.82) is 0 Å². The maximum absolute atomic E-state index is 5.32. The van der Waals surface area contributed by atoms with Gasteiger partial charge in [-0.05, 0) is 62.1 Å². The van der Waals surface area contributed by atoms with Gasteiger partial charge in [0.25, 0.3) is 0 Å². The minimum absolute atomic E-state index is 0.544. The van der Waals surface area contributed by atoms with Gasteiger partial charge in [-0.15, -0.1) is 0 Å². The lowest BCUT2D eigenvalue weighted by Gasteiger charge is -2.40. The molecule has 1 fully saturated rings. The van der Waals surface area contributed by atoms with E-state index in [1.807, 2.05) is 0 Å². The largest absolute Gasteiger partial charge is 0.497 e. The molecule has 27 heavy (non-hydrogen) atoms. The molecule has 0 N–H and O–H groups in total. The van der Waals surface area contributed by atoms with E-state index in [0.717, 1.165) is 12.2 Å². The Morgan fingerprint density at radius 1 is 1.00 bits per heavy atom. The van der Waals surface area contributed by atoms with Gasteiger partial charge in [0.05, 0.1) is 7.11 Å². The average Bonchev–Trinajstić information content (AvgIpc) is 3.00. The highest BCUT2D eigenvalue weighted by Crippen LogP contribution is 2.45. The third kappa shape index (κ3) is 3.58. The summed E-state index contributed by atoms with van der Waals surface area (Å²) in [5.74, 6) is 1.49. The molecule has 0 saturated carbocycles. The summed E-state index contributed by atoms with van der Waals surface area (Å²) >= 11 is 0. The predicted molar refractivity (Wildman–Crippen MR) is 113 cm³/mol. The van der Waals surface area contributed by atoms with Crippen LogP contribution in [0.2, 0.25) is 0 Å². The zero-order valence-corrected chi connectivity index (χ0v) is 16.9. The number of anilines is 1. The molecule has 3 nitrogen and oxygen atoms in total. The molecule has 0 radical (unpaired) electrons. The SMILES string of the molecule is CCN1CCC(N2c3ccccc3C(Cc3ccc(OC)cc3)C2C)CC1. The van der Waals surface area contributed by atoms with Crippen LogP contribution in [0.1, 0.15) is 43.7 Å². The quantitative estimate of drug-likeness (QED) is 0.764. The van der Waals surface area contributed by atoms with E-state index >= 15 is 0 Å². The Bertz CT molecular complexity index is 749. The van der Waals surface area contributed by atoms with Crippen LogP contribution >= 0.6 is 0 Å². The monoisotopic (exact) mass is 364 g/mol. The number of ether oxygens (including phenoxy) is 1. The van der Waals surface area contributed by atoms with Crippen molar-refractivity contribution in [3.05, 3.63) is 59.7 Å². The van der Waals surface area contributed by atoms with E-state index in [0.29, 0.717) is 18.0 Å². The first-order valence-corrected chi connectivity index (χ1v) is 10.4. The molecule has 2 heterocycles. The number of piperidine rings is 1. The molecule has 4 rings (SSSR count). The molecule has 0 aliphatic carbocycles. The lowest BCUT2D eigenvalue weighted by molar-refractivity contribution is 0.214. The molecule has 2 aliphatic heterocycles. The van der Waals surface area contributed by atoms with Crippen molar-refractivity contribution < 1.29 is 4.74 Å². The van der Waals surface area contributed by atoms with E-state index in [1.54, 1.807) is 7.11 Å². The minimum atomic E-state index is 0.544. The van der Waals surface area contributed by atoms with Crippen LogP contribution < -0.4 is 9.64 Å². The first-order valence-electron chi connectivity index (χ1n) is 10.4. The Balaban J connectivity index is 1.56. The fraction of sp³-hybridized carbons (Fsp3) is 0.500. The third-order valence-corrected chi connectivity index (χ3v) is 6.65. The maximum Gasteiger partial charge on any atom is 0.118 e. The molecule has 0 spiro atoms.